The Morgan fingerprint density at radius 1 is 1.12 bits per heavy atom. The number of hydrogen-bond donors (Lipinski definition) is 1. The molecule has 2 aromatic heterocycles. The molecule has 1 atom stereocenters. The molecule has 1 saturated heterocycles. The Balaban J connectivity index is 1.37. The number of benzene rings is 2. The first-order valence-electron chi connectivity index (χ1n) is 11.0. The molecular weight excluding hydrogens is 418 g/mol. The van der Waals surface area contributed by atoms with E-state index in [-0.39, 0.29) is 11.8 Å². The zero-order valence-corrected chi connectivity index (χ0v) is 19.4. The number of fused-ring (bicyclic) bond motifs is 1. The zero-order chi connectivity index (χ0) is 22.2. The van der Waals surface area contributed by atoms with Crippen LogP contribution in [0.4, 0.5) is 10.8 Å². The molecule has 0 saturated carbocycles. The molecule has 164 valence electrons. The monoisotopic (exact) mass is 445 g/mol. The highest BCUT2D eigenvalue weighted by Crippen LogP contribution is 2.34. The van der Waals surface area contributed by atoms with Crippen molar-refractivity contribution in [2.45, 2.75) is 33.6 Å². The van der Waals surface area contributed by atoms with Gasteiger partial charge in [0, 0.05) is 18.8 Å². The molecule has 3 heterocycles. The van der Waals surface area contributed by atoms with Crippen molar-refractivity contribution in [1.29, 1.82) is 0 Å². The molecule has 0 aliphatic carbocycles. The summed E-state index contributed by atoms with van der Waals surface area (Å²) in [5, 5.41) is 8.80. The van der Waals surface area contributed by atoms with Crippen LogP contribution < -0.4 is 10.2 Å². The average molecular weight is 446 g/mol. The summed E-state index contributed by atoms with van der Waals surface area (Å²) < 4.78 is 3.02. The lowest BCUT2D eigenvalue weighted by Crippen LogP contribution is -2.40. The fourth-order valence-corrected chi connectivity index (χ4v) is 5.38. The van der Waals surface area contributed by atoms with E-state index in [2.05, 4.69) is 23.2 Å². The van der Waals surface area contributed by atoms with Gasteiger partial charge in [0.15, 0.2) is 10.8 Å². The SMILES string of the molecule is Cc1ccc(NC(=O)C2CCCN(c3nc4c(s3)c(C)nn4-c3ccccc3)C2)c(C)c1. The van der Waals surface area contributed by atoms with E-state index in [9.17, 15) is 4.79 Å². The smallest absolute Gasteiger partial charge is 0.229 e. The minimum absolute atomic E-state index is 0.0526. The number of rotatable bonds is 4. The van der Waals surface area contributed by atoms with E-state index in [1.165, 1.54) is 5.56 Å². The third-order valence-corrected chi connectivity index (χ3v) is 7.29. The summed E-state index contributed by atoms with van der Waals surface area (Å²) in [6.45, 7) is 7.73. The number of aryl methyl sites for hydroxylation is 3. The number of nitrogens with zero attached hydrogens (tertiary/aromatic N) is 4. The molecule has 6 nitrogen and oxygen atoms in total. The first-order valence-corrected chi connectivity index (χ1v) is 11.9. The highest BCUT2D eigenvalue weighted by molar-refractivity contribution is 7.22. The minimum atomic E-state index is -0.0526. The molecule has 4 aromatic rings. The Labute approximate surface area is 191 Å². The third kappa shape index (κ3) is 3.88. The van der Waals surface area contributed by atoms with E-state index in [0.29, 0.717) is 6.54 Å². The second kappa shape index (κ2) is 8.39. The van der Waals surface area contributed by atoms with Gasteiger partial charge in [-0.2, -0.15) is 10.1 Å². The highest BCUT2D eigenvalue weighted by Gasteiger charge is 2.28. The Morgan fingerprint density at radius 3 is 2.72 bits per heavy atom. The van der Waals surface area contributed by atoms with Crippen LogP contribution in [0.3, 0.4) is 0 Å². The summed E-state index contributed by atoms with van der Waals surface area (Å²) in [7, 11) is 0. The lowest BCUT2D eigenvalue weighted by Gasteiger charge is -2.31. The molecule has 1 amide bonds. The van der Waals surface area contributed by atoms with Gasteiger partial charge >= 0.3 is 0 Å². The largest absolute Gasteiger partial charge is 0.347 e. The molecule has 1 unspecified atom stereocenters. The van der Waals surface area contributed by atoms with Gasteiger partial charge in [0.25, 0.3) is 0 Å². The summed E-state index contributed by atoms with van der Waals surface area (Å²) in [4.78, 5) is 20.2. The maximum atomic E-state index is 13.0. The lowest BCUT2D eigenvalue weighted by molar-refractivity contribution is -0.120. The van der Waals surface area contributed by atoms with Gasteiger partial charge in [-0.05, 0) is 57.4 Å². The second-order valence-electron chi connectivity index (χ2n) is 8.57. The van der Waals surface area contributed by atoms with Crippen LogP contribution in [0.5, 0.6) is 0 Å². The fraction of sp³-hybridized carbons (Fsp3) is 0.320. The number of hydrogen-bond acceptors (Lipinski definition) is 5. The highest BCUT2D eigenvalue weighted by atomic mass is 32.1. The van der Waals surface area contributed by atoms with Gasteiger partial charge < -0.3 is 10.2 Å². The molecule has 1 fully saturated rings. The summed E-state index contributed by atoms with van der Waals surface area (Å²) in [5.41, 5.74) is 6.06. The quantitative estimate of drug-likeness (QED) is 0.465. The number of carbonyl (C=O) groups is 1. The summed E-state index contributed by atoms with van der Waals surface area (Å²) >= 11 is 1.67. The Hall–Kier alpha value is -3.19. The van der Waals surface area contributed by atoms with Crippen molar-refractivity contribution in [1.82, 2.24) is 14.8 Å². The van der Waals surface area contributed by atoms with Crippen molar-refractivity contribution >= 4 is 38.4 Å². The van der Waals surface area contributed by atoms with E-state index >= 15 is 0 Å². The standard InChI is InChI=1S/C25H27N5OS/c1-16-11-12-21(17(2)14-16)26-24(31)19-8-7-13-29(15-19)25-27-23-22(32-25)18(3)28-30(23)20-9-5-4-6-10-20/h4-6,9-12,14,19H,7-8,13,15H2,1-3H3,(H,26,31). The number of nitrogens with one attached hydrogen (secondary N) is 1. The van der Waals surface area contributed by atoms with Crippen molar-refractivity contribution < 1.29 is 4.79 Å². The molecule has 1 aliphatic rings. The maximum Gasteiger partial charge on any atom is 0.229 e. The molecule has 1 N–H and O–H groups in total. The third-order valence-electron chi connectivity index (χ3n) is 6.08. The summed E-state index contributed by atoms with van der Waals surface area (Å²) in [6, 6.07) is 16.2. The van der Waals surface area contributed by atoms with Crippen LogP contribution >= 0.6 is 11.3 Å². The number of para-hydroxylation sites is 1. The van der Waals surface area contributed by atoms with Gasteiger partial charge in [0.05, 0.1) is 22.0 Å². The Kier molecular flexibility index (Phi) is 5.43. The van der Waals surface area contributed by atoms with Crippen molar-refractivity contribution in [3.05, 3.63) is 65.4 Å². The van der Waals surface area contributed by atoms with E-state index in [1.54, 1.807) is 11.3 Å². The first-order chi connectivity index (χ1) is 15.5. The van der Waals surface area contributed by atoms with Crippen molar-refractivity contribution in [3.8, 4) is 5.69 Å². The molecule has 2 aromatic carbocycles. The summed E-state index contributed by atoms with van der Waals surface area (Å²) in [5.74, 6) is 0.0394. The number of piperidine rings is 1. The predicted octanol–water partition coefficient (Wildman–Crippen LogP) is 5.26. The van der Waals surface area contributed by atoms with Crippen LogP contribution in [-0.2, 0) is 4.79 Å². The van der Waals surface area contributed by atoms with E-state index < -0.39 is 0 Å². The van der Waals surface area contributed by atoms with E-state index in [1.807, 2.05) is 61.0 Å². The van der Waals surface area contributed by atoms with Crippen molar-refractivity contribution in [2.75, 3.05) is 23.3 Å². The van der Waals surface area contributed by atoms with Crippen LogP contribution in [0.25, 0.3) is 16.0 Å². The lowest BCUT2D eigenvalue weighted by atomic mass is 9.97. The van der Waals surface area contributed by atoms with Crippen molar-refractivity contribution in [3.63, 3.8) is 0 Å². The minimum Gasteiger partial charge on any atom is -0.347 e. The van der Waals surface area contributed by atoms with Crippen molar-refractivity contribution in [2.24, 2.45) is 5.92 Å². The van der Waals surface area contributed by atoms with Crippen LogP contribution in [0.15, 0.2) is 48.5 Å². The first kappa shape index (κ1) is 20.7. The average Bonchev–Trinajstić information content (AvgIpc) is 3.37. The van der Waals surface area contributed by atoms with E-state index in [0.717, 1.165) is 57.5 Å². The van der Waals surface area contributed by atoms with Gasteiger partial charge in [-0.3, -0.25) is 4.79 Å². The second-order valence-corrected chi connectivity index (χ2v) is 9.55. The van der Waals surface area contributed by atoms with Crippen LogP contribution in [-0.4, -0.2) is 33.8 Å². The molecular formula is C25H27N5OS. The van der Waals surface area contributed by atoms with Gasteiger partial charge in [-0.1, -0.05) is 47.2 Å². The van der Waals surface area contributed by atoms with Crippen LogP contribution in [0, 0.1) is 26.7 Å². The molecule has 0 bridgehead atoms. The number of aromatic nitrogens is 3. The molecule has 5 rings (SSSR count). The fourth-order valence-electron chi connectivity index (χ4n) is 4.36. The number of anilines is 2. The van der Waals surface area contributed by atoms with Gasteiger partial charge in [-0.15, -0.1) is 0 Å². The number of amides is 1. The number of carbonyl (C=O) groups excluding carboxylic acids is 1. The summed E-state index contributed by atoms with van der Waals surface area (Å²) in [6.07, 6.45) is 1.87. The van der Waals surface area contributed by atoms with E-state index in [4.69, 9.17) is 10.1 Å². The molecule has 0 spiro atoms. The van der Waals surface area contributed by atoms with Crippen LogP contribution in [0.1, 0.15) is 29.7 Å². The number of thiazole rings is 1. The van der Waals surface area contributed by atoms with Gasteiger partial charge in [0.1, 0.15) is 0 Å². The topological polar surface area (TPSA) is 63.1 Å². The maximum absolute atomic E-state index is 13.0. The van der Waals surface area contributed by atoms with Crippen LogP contribution in [0.2, 0.25) is 0 Å². The molecule has 7 heteroatoms. The van der Waals surface area contributed by atoms with Gasteiger partial charge in [-0.25, -0.2) is 4.68 Å². The van der Waals surface area contributed by atoms with Gasteiger partial charge in [0.2, 0.25) is 5.91 Å². The zero-order valence-electron chi connectivity index (χ0n) is 18.6. The normalized spacial score (nSPS) is 16.5. The molecule has 1 aliphatic heterocycles. The predicted molar refractivity (Wildman–Crippen MR) is 131 cm³/mol. The Bertz CT molecular complexity index is 1280. The Morgan fingerprint density at radius 2 is 1.94 bits per heavy atom. The molecule has 0 radical (unpaired) electrons. The molecule has 32 heavy (non-hydrogen) atoms.